The van der Waals surface area contributed by atoms with Gasteiger partial charge in [-0.3, -0.25) is 9.69 Å². The first-order chi connectivity index (χ1) is 13.2. The Labute approximate surface area is 168 Å². The summed E-state index contributed by atoms with van der Waals surface area (Å²) in [7, 11) is 0. The molecule has 1 amide bonds. The fourth-order valence-corrected chi connectivity index (χ4v) is 4.90. The fraction of sp³-hybridized carbons (Fsp3) is 0.421. The van der Waals surface area contributed by atoms with Gasteiger partial charge < -0.3 is 10.2 Å². The predicted octanol–water partition coefficient (Wildman–Crippen LogP) is 2.96. The first-order valence-corrected chi connectivity index (χ1v) is 10.8. The average molecular weight is 404 g/mol. The summed E-state index contributed by atoms with van der Waals surface area (Å²) >= 11 is 2.95. The molecule has 1 atom stereocenters. The zero-order valence-electron chi connectivity index (χ0n) is 15.5. The van der Waals surface area contributed by atoms with Gasteiger partial charge in [-0.1, -0.05) is 59.5 Å². The molecule has 27 heavy (non-hydrogen) atoms. The minimum atomic E-state index is -0.161. The molecule has 2 heterocycles. The lowest BCUT2D eigenvalue weighted by Crippen LogP contribution is -2.50. The van der Waals surface area contributed by atoms with E-state index in [4.69, 9.17) is 0 Å². The van der Waals surface area contributed by atoms with Crippen LogP contribution in [0.25, 0.3) is 0 Å². The van der Waals surface area contributed by atoms with Crippen molar-refractivity contribution in [3.63, 3.8) is 0 Å². The van der Waals surface area contributed by atoms with E-state index in [2.05, 4.69) is 51.3 Å². The second-order valence-electron chi connectivity index (χ2n) is 6.39. The molecule has 3 rings (SSSR count). The van der Waals surface area contributed by atoms with Crippen molar-refractivity contribution >= 4 is 34.1 Å². The maximum absolute atomic E-state index is 12.8. The van der Waals surface area contributed by atoms with Crippen molar-refractivity contribution in [3.05, 3.63) is 48.6 Å². The van der Waals surface area contributed by atoms with Crippen LogP contribution in [0.1, 0.15) is 12.5 Å². The van der Waals surface area contributed by atoms with Crippen LogP contribution < -0.4 is 5.32 Å². The number of benzene rings is 1. The van der Waals surface area contributed by atoms with Crippen LogP contribution >= 0.6 is 23.1 Å². The molecule has 1 fully saturated rings. The van der Waals surface area contributed by atoms with E-state index in [1.807, 2.05) is 17.9 Å². The zero-order chi connectivity index (χ0) is 19.1. The summed E-state index contributed by atoms with van der Waals surface area (Å²) < 4.78 is 0.810. The summed E-state index contributed by atoms with van der Waals surface area (Å²) in [6.07, 6.45) is 1.78. The quantitative estimate of drug-likeness (QED) is 0.540. The minimum Gasteiger partial charge on any atom is -0.357 e. The Hall–Kier alpha value is -1.90. The van der Waals surface area contributed by atoms with Gasteiger partial charge in [0, 0.05) is 39.3 Å². The lowest BCUT2D eigenvalue weighted by Gasteiger charge is -2.35. The Morgan fingerprint density at radius 2 is 2.04 bits per heavy atom. The second-order valence-corrected chi connectivity index (χ2v) is 8.96. The number of carbonyl (C=O) groups excluding carboxylic acids is 1. The van der Waals surface area contributed by atoms with Crippen LogP contribution in [-0.2, 0) is 11.3 Å². The molecule has 0 aliphatic carbocycles. The van der Waals surface area contributed by atoms with Gasteiger partial charge in [0.25, 0.3) is 0 Å². The number of rotatable bonds is 8. The van der Waals surface area contributed by atoms with Crippen molar-refractivity contribution in [2.45, 2.75) is 23.1 Å². The van der Waals surface area contributed by atoms with Gasteiger partial charge in [0.2, 0.25) is 11.0 Å². The molecule has 8 heteroatoms. The molecule has 2 aromatic rings. The molecule has 6 nitrogen and oxygen atoms in total. The van der Waals surface area contributed by atoms with Gasteiger partial charge in [-0.25, -0.2) is 0 Å². The van der Waals surface area contributed by atoms with Crippen molar-refractivity contribution in [2.24, 2.45) is 0 Å². The van der Waals surface area contributed by atoms with Crippen LogP contribution in [0.2, 0.25) is 0 Å². The van der Waals surface area contributed by atoms with Gasteiger partial charge in [0.1, 0.15) is 0 Å². The molecule has 0 bridgehead atoms. The number of carbonyl (C=O) groups is 1. The Morgan fingerprint density at radius 1 is 1.30 bits per heavy atom. The average Bonchev–Trinajstić information content (AvgIpc) is 3.14. The number of amides is 1. The van der Waals surface area contributed by atoms with Crippen LogP contribution in [-0.4, -0.2) is 63.9 Å². The highest BCUT2D eigenvalue weighted by Crippen LogP contribution is 2.29. The van der Waals surface area contributed by atoms with Gasteiger partial charge in [0.05, 0.1) is 5.25 Å². The fourth-order valence-electron chi connectivity index (χ4n) is 2.92. The van der Waals surface area contributed by atoms with E-state index < -0.39 is 0 Å². The van der Waals surface area contributed by atoms with Gasteiger partial charge in [-0.15, -0.1) is 16.8 Å². The van der Waals surface area contributed by atoms with Gasteiger partial charge in [0.15, 0.2) is 4.34 Å². The Morgan fingerprint density at radius 3 is 2.74 bits per heavy atom. The predicted molar refractivity (Wildman–Crippen MR) is 112 cm³/mol. The number of anilines is 1. The van der Waals surface area contributed by atoms with Gasteiger partial charge in [-0.05, 0) is 12.5 Å². The molecule has 0 radical (unpaired) electrons. The number of hydrogen-bond donors (Lipinski definition) is 1. The topological polar surface area (TPSA) is 61.4 Å². The maximum Gasteiger partial charge on any atom is 0.235 e. The molecule has 0 saturated carbocycles. The highest BCUT2D eigenvalue weighted by atomic mass is 32.2. The summed E-state index contributed by atoms with van der Waals surface area (Å²) in [5.74, 6) is 0.176. The standard InChI is InChI=1S/C19H25N5OS2/c1-3-9-20-18-21-22-19(27-18)26-15(2)17(25)24-12-10-23(11-13-24)14-16-7-5-4-6-8-16/h3-8,15H,1,9-14H2,2H3,(H,20,21)/t15-/m1/s1. The van der Waals surface area contributed by atoms with Crippen LogP contribution in [0.15, 0.2) is 47.3 Å². The second kappa shape index (κ2) is 9.87. The summed E-state index contributed by atoms with van der Waals surface area (Å²) in [6, 6.07) is 10.5. The first kappa shape index (κ1) is 19.9. The van der Waals surface area contributed by atoms with E-state index in [1.54, 1.807) is 6.08 Å². The highest BCUT2D eigenvalue weighted by molar-refractivity contribution is 8.02. The Balaban J connectivity index is 1.45. The molecule has 1 aromatic carbocycles. The summed E-state index contributed by atoms with van der Waals surface area (Å²) in [5, 5.41) is 11.9. The SMILES string of the molecule is C=CCNc1nnc(S[C@H](C)C(=O)N2CCN(Cc3ccccc3)CC2)s1. The Kier molecular flexibility index (Phi) is 7.25. The largest absolute Gasteiger partial charge is 0.357 e. The van der Waals surface area contributed by atoms with Crippen LogP contribution in [0, 0.1) is 0 Å². The molecule has 1 aliphatic heterocycles. The van der Waals surface area contributed by atoms with E-state index in [0.29, 0.717) is 6.54 Å². The van der Waals surface area contributed by atoms with Gasteiger partial charge in [-0.2, -0.15) is 0 Å². The Bertz CT molecular complexity index is 744. The lowest BCUT2D eigenvalue weighted by atomic mass is 10.2. The number of piperazine rings is 1. The molecule has 0 unspecified atom stereocenters. The van der Waals surface area contributed by atoms with Crippen molar-refractivity contribution in [2.75, 3.05) is 38.0 Å². The third-order valence-electron chi connectivity index (χ3n) is 4.36. The maximum atomic E-state index is 12.8. The molecule has 144 valence electrons. The third kappa shape index (κ3) is 5.79. The van der Waals surface area contributed by atoms with Crippen LogP contribution in [0.5, 0.6) is 0 Å². The number of hydrogen-bond acceptors (Lipinski definition) is 7. The lowest BCUT2D eigenvalue weighted by molar-refractivity contribution is -0.132. The highest BCUT2D eigenvalue weighted by Gasteiger charge is 2.26. The van der Waals surface area contributed by atoms with Crippen LogP contribution in [0.3, 0.4) is 0 Å². The van der Waals surface area contributed by atoms with Gasteiger partial charge >= 0.3 is 0 Å². The van der Waals surface area contributed by atoms with E-state index in [-0.39, 0.29) is 11.2 Å². The monoisotopic (exact) mass is 403 g/mol. The van der Waals surface area contributed by atoms with Crippen molar-refractivity contribution in [1.82, 2.24) is 20.0 Å². The molecule has 1 aliphatic rings. The van der Waals surface area contributed by atoms with E-state index in [1.165, 1.54) is 28.7 Å². The minimum absolute atomic E-state index is 0.161. The molecular formula is C19H25N5OS2. The number of thioether (sulfide) groups is 1. The van der Waals surface area contributed by atoms with E-state index in [9.17, 15) is 4.79 Å². The van der Waals surface area contributed by atoms with Crippen molar-refractivity contribution in [3.8, 4) is 0 Å². The van der Waals surface area contributed by atoms with Crippen molar-refractivity contribution < 1.29 is 4.79 Å². The molecule has 1 N–H and O–H groups in total. The number of aromatic nitrogens is 2. The number of nitrogens with one attached hydrogen (secondary N) is 1. The summed E-state index contributed by atoms with van der Waals surface area (Å²) in [4.78, 5) is 17.1. The molecular weight excluding hydrogens is 378 g/mol. The summed E-state index contributed by atoms with van der Waals surface area (Å²) in [5.41, 5.74) is 1.32. The van der Waals surface area contributed by atoms with E-state index in [0.717, 1.165) is 42.2 Å². The van der Waals surface area contributed by atoms with E-state index >= 15 is 0 Å². The molecule has 1 saturated heterocycles. The molecule has 0 spiro atoms. The normalized spacial score (nSPS) is 16.1. The number of nitrogens with zero attached hydrogens (tertiary/aromatic N) is 4. The van der Waals surface area contributed by atoms with Crippen LogP contribution in [0.4, 0.5) is 5.13 Å². The van der Waals surface area contributed by atoms with Crippen molar-refractivity contribution in [1.29, 1.82) is 0 Å². The zero-order valence-corrected chi connectivity index (χ0v) is 17.1. The molecule has 1 aromatic heterocycles. The summed E-state index contributed by atoms with van der Waals surface area (Å²) in [6.45, 7) is 10.6. The third-order valence-corrected chi connectivity index (χ3v) is 6.42. The first-order valence-electron chi connectivity index (χ1n) is 9.05. The smallest absolute Gasteiger partial charge is 0.235 e.